The first-order chi connectivity index (χ1) is 25.3. The molecule has 20 nitrogen and oxygen atoms in total. The first kappa shape index (κ1) is 52.4. The summed E-state index contributed by atoms with van der Waals surface area (Å²) >= 11 is 0. The summed E-state index contributed by atoms with van der Waals surface area (Å²) in [6.45, 7) is 0. The maximum absolute atomic E-state index is 11.9. The minimum absolute atomic E-state index is 0. The monoisotopic (exact) mass is 898 g/mol. The average Bonchev–Trinajstić information content (AvgIpc) is 3.10. The fourth-order valence-corrected chi connectivity index (χ4v) is 5.73. The van der Waals surface area contributed by atoms with Crippen LogP contribution in [0.3, 0.4) is 0 Å². The van der Waals surface area contributed by atoms with E-state index in [2.05, 4.69) is 20.5 Å². The van der Waals surface area contributed by atoms with Crippen LogP contribution in [0.4, 0.5) is 45.5 Å². The number of fused-ring (bicyclic) bond motifs is 2. The largest absolute Gasteiger partial charge is 3.00 e. The van der Waals surface area contributed by atoms with Crippen LogP contribution in [0, 0.1) is 20.2 Å². The van der Waals surface area contributed by atoms with Crippen molar-refractivity contribution < 1.29 is 151 Å². The number of benzene rings is 6. The molecule has 0 aliphatic carbocycles. The van der Waals surface area contributed by atoms with Crippen LogP contribution in [0.2, 0.25) is 0 Å². The van der Waals surface area contributed by atoms with Gasteiger partial charge in [-0.2, -0.15) is 20.5 Å². The number of non-ortho nitro benzene ring substituents is 2. The molecule has 0 aliphatic heterocycles. The molecule has 0 spiro atoms. The van der Waals surface area contributed by atoms with E-state index < -0.39 is 51.4 Å². The Labute approximate surface area is 404 Å². The van der Waals surface area contributed by atoms with E-state index in [-0.39, 0.29) is 151 Å². The molecule has 282 valence electrons. The van der Waals surface area contributed by atoms with E-state index in [1.165, 1.54) is 36.4 Å². The zero-order valence-corrected chi connectivity index (χ0v) is 38.6. The van der Waals surface area contributed by atoms with Gasteiger partial charge in [0.05, 0.1) is 42.4 Å². The van der Waals surface area contributed by atoms with Crippen LogP contribution in [0.15, 0.2) is 127 Å². The molecule has 26 heteroatoms. The summed E-state index contributed by atoms with van der Waals surface area (Å²) in [5.41, 5.74) is 14.8. The molecule has 0 aliphatic rings. The summed E-state index contributed by atoms with van der Waals surface area (Å²) in [7, 11) is -9.27. The smallest absolute Gasteiger partial charge is 0.871 e. The zero-order valence-electron chi connectivity index (χ0n) is 30.0. The Morgan fingerprint density at radius 3 is 1.14 bits per heavy atom. The van der Waals surface area contributed by atoms with Crippen LogP contribution in [0.1, 0.15) is 0 Å². The van der Waals surface area contributed by atoms with Gasteiger partial charge in [0.25, 0.3) is 11.4 Å². The molecule has 0 unspecified atom stereocenters. The third kappa shape index (κ3) is 12.7. The van der Waals surface area contributed by atoms with E-state index in [0.29, 0.717) is 21.5 Å². The summed E-state index contributed by atoms with van der Waals surface area (Å²) in [6, 6.07) is 18.8. The second kappa shape index (κ2) is 21.6. The SMILES string of the molecule is [Co+3].[NH-]c1ccc2cc(S(=O)(=O)[O-])ccc2c1N=Nc1ccc([N+](=O)[O-])cc1[O-].[NH-]c1ccc2cc(S(=O)(=O)[O-])ccc2c1N=Nc1ccc([N+](=O)[O-])cc1[O-].[Na+].[Na+].[Na+]. The van der Waals surface area contributed by atoms with Crippen LogP contribution in [-0.2, 0) is 37.0 Å². The Morgan fingerprint density at radius 1 is 0.500 bits per heavy atom. The van der Waals surface area contributed by atoms with Gasteiger partial charge < -0.3 is 30.8 Å². The van der Waals surface area contributed by atoms with Crippen molar-refractivity contribution in [1.29, 1.82) is 0 Å². The van der Waals surface area contributed by atoms with Gasteiger partial charge in [0.1, 0.15) is 20.2 Å². The number of nitrogens with one attached hydrogen (secondary N) is 2. The number of nitrogens with zero attached hydrogens (tertiary/aromatic N) is 6. The Hall–Kier alpha value is -3.63. The van der Waals surface area contributed by atoms with Crippen LogP contribution in [0.25, 0.3) is 33.0 Å². The van der Waals surface area contributed by atoms with Crippen molar-refractivity contribution in [3.63, 3.8) is 0 Å². The molecule has 6 aromatic rings. The number of hydrogen-bond donors (Lipinski definition) is 0. The molecule has 6 aromatic carbocycles. The Morgan fingerprint density at radius 2 is 0.845 bits per heavy atom. The molecule has 58 heavy (non-hydrogen) atoms. The molecule has 0 saturated carbocycles. The maximum Gasteiger partial charge on any atom is 3.00 e. The predicted octanol–water partition coefficient (Wildman–Crippen LogP) is -1.34. The Kier molecular flexibility index (Phi) is 19.5. The molecule has 0 fully saturated rings. The van der Waals surface area contributed by atoms with Crippen LogP contribution < -0.4 is 98.9 Å². The van der Waals surface area contributed by atoms with Gasteiger partial charge in [-0.25, -0.2) is 16.8 Å². The van der Waals surface area contributed by atoms with Gasteiger partial charge >= 0.3 is 105 Å². The molecule has 0 radical (unpaired) electrons. The van der Waals surface area contributed by atoms with Crippen molar-refractivity contribution in [1.82, 2.24) is 0 Å². The summed E-state index contributed by atoms with van der Waals surface area (Å²) in [6.07, 6.45) is 0. The molecular weight excluding hydrogens is 880 g/mol. The van der Waals surface area contributed by atoms with E-state index in [1.807, 2.05) is 0 Å². The quantitative estimate of drug-likeness (QED) is 0.0563. The van der Waals surface area contributed by atoms with Gasteiger partial charge in [-0.15, -0.1) is 11.4 Å². The first-order valence-corrected chi connectivity index (χ1v) is 17.4. The summed E-state index contributed by atoms with van der Waals surface area (Å²) in [4.78, 5) is 19.0. The summed E-state index contributed by atoms with van der Waals surface area (Å²) in [5.74, 6) is -1.42. The summed E-state index contributed by atoms with van der Waals surface area (Å²) in [5, 5.41) is 61.7. The number of nitro benzene ring substituents is 2. The molecule has 0 aromatic heterocycles. The van der Waals surface area contributed by atoms with Crippen LogP contribution in [-0.4, -0.2) is 35.8 Å². The van der Waals surface area contributed by atoms with E-state index in [0.717, 1.165) is 60.7 Å². The molecule has 0 amide bonds. The minimum atomic E-state index is -4.64. The maximum atomic E-state index is 11.9. The minimum Gasteiger partial charge on any atom is -0.871 e. The van der Waals surface area contributed by atoms with Gasteiger partial charge in [0, 0.05) is 35.0 Å². The topological polar surface area (TPSA) is 344 Å². The molecule has 0 saturated heterocycles. The van der Waals surface area contributed by atoms with E-state index in [9.17, 15) is 56.4 Å². The Bertz CT molecular complexity index is 2630. The average molecular weight is 899 g/mol. The molecule has 0 heterocycles. The standard InChI is InChI=1S/2C16H11N4O6S.Co.3Na/c2*17-13-5-1-9-7-11(27(24,25)26)3-4-12(9)16(13)19-18-14-6-2-10(20(22)23)8-15(14)21;;;;/h2*1-8H,(H3-,17,18,19,21,24,25,26);;;;/q2*-1;+3;3*+1/p-4. The van der Waals surface area contributed by atoms with Crippen molar-refractivity contribution >= 4 is 87.3 Å². The second-order valence-electron chi connectivity index (χ2n) is 10.8. The van der Waals surface area contributed by atoms with Gasteiger partial charge in [-0.1, -0.05) is 47.9 Å². The second-order valence-corrected chi connectivity index (χ2v) is 13.6. The number of nitro groups is 2. The van der Waals surface area contributed by atoms with E-state index >= 15 is 0 Å². The third-order valence-electron chi connectivity index (χ3n) is 7.33. The molecule has 2 N–H and O–H groups in total. The molecule has 6 rings (SSSR count). The van der Waals surface area contributed by atoms with E-state index in [1.54, 1.807) is 0 Å². The molecule has 0 bridgehead atoms. The van der Waals surface area contributed by atoms with Crippen molar-refractivity contribution in [2.75, 3.05) is 0 Å². The van der Waals surface area contributed by atoms with E-state index in [4.69, 9.17) is 11.5 Å². The fraction of sp³-hybridized carbons (Fsp3) is 0. The van der Waals surface area contributed by atoms with Crippen LogP contribution in [0.5, 0.6) is 11.5 Å². The third-order valence-corrected chi connectivity index (χ3v) is 8.99. The molecule has 0 atom stereocenters. The summed E-state index contributed by atoms with van der Waals surface area (Å²) < 4.78 is 66.8. The normalized spacial score (nSPS) is 11.1. The Balaban J connectivity index is 0.000000543. The zero-order chi connectivity index (χ0) is 39.5. The van der Waals surface area contributed by atoms with Crippen molar-refractivity contribution in [2.45, 2.75) is 9.79 Å². The fourth-order valence-electron chi connectivity index (χ4n) is 4.72. The number of azo groups is 2. The van der Waals surface area contributed by atoms with Gasteiger partial charge in [-0.05, 0) is 47.2 Å². The first-order valence-electron chi connectivity index (χ1n) is 14.6. The van der Waals surface area contributed by atoms with Gasteiger partial charge in [0.15, 0.2) is 0 Å². The van der Waals surface area contributed by atoms with Gasteiger partial charge in [-0.3, -0.25) is 20.2 Å². The van der Waals surface area contributed by atoms with Crippen molar-refractivity contribution in [3.8, 4) is 11.5 Å². The van der Waals surface area contributed by atoms with Gasteiger partial charge in [0.2, 0.25) is 0 Å². The predicted molar refractivity (Wildman–Crippen MR) is 185 cm³/mol. The number of rotatable bonds is 8. The number of hydrogen-bond acceptors (Lipinski definition) is 16. The van der Waals surface area contributed by atoms with Crippen molar-refractivity contribution in [2.24, 2.45) is 20.5 Å². The van der Waals surface area contributed by atoms with Crippen molar-refractivity contribution in [3.05, 3.63) is 129 Å². The van der Waals surface area contributed by atoms with Crippen LogP contribution >= 0.6 is 0 Å². The molecular formula is C32H18CoN8Na3O12S2.